The second-order valence-electron chi connectivity index (χ2n) is 5.11. The fourth-order valence-electron chi connectivity index (χ4n) is 1.46. The van der Waals surface area contributed by atoms with Gasteiger partial charge in [-0.15, -0.1) is 0 Å². The first-order valence-corrected chi connectivity index (χ1v) is 7.52. The first-order valence-electron chi connectivity index (χ1n) is 6.04. The Hall–Kier alpha value is -1.07. The minimum Gasteiger partial charge on any atom is -0.398 e. The Morgan fingerprint density at radius 1 is 1.17 bits per heavy atom. The lowest BCUT2D eigenvalue weighted by Gasteiger charge is -2.18. The van der Waals surface area contributed by atoms with E-state index >= 15 is 0 Å². The van der Waals surface area contributed by atoms with Gasteiger partial charge in [0, 0.05) is 11.7 Å². The van der Waals surface area contributed by atoms with Crippen LogP contribution in [0.3, 0.4) is 0 Å². The number of anilines is 1. The van der Waals surface area contributed by atoms with Crippen molar-refractivity contribution in [2.75, 3.05) is 5.73 Å². The summed E-state index contributed by atoms with van der Waals surface area (Å²) in [6.45, 7) is 9.54. The molecule has 1 aromatic rings. The topological polar surface area (TPSA) is 72.2 Å². The highest BCUT2D eigenvalue weighted by Crippen LogP contribution is 2.22. The number of benzene rings is 1. The molecule has 0 saturated heterocycles. The maximum absolute atomic E-state index is 12.2. The molecule has 1 unspecified atom stereocenters. The standard InChI is InChI=1S/C13H22N2O2S/c1-8(2)11(5)15-18(16,17)12-6-9(3)10(4)13(14)7-12/h6-8,11,15H,14H2,1-5H3. The third kappa shape index (κ3) is 3.23. The van der Waals surface area contributed by atoms with Gasteiger partial charge in [0.1, 0.15) is 0 Å². The molecule has 1 aromatic carbocycles. The van der Waals surface area contributed by atoms with E-state index in [2.05, 4.69) is 4.72 Å². The molecular weight excluding hydrogens is 248 g/mol. The van der Waals surface area contributed by atoms with E-state index in [4.69, 9.17) is 5.73 Å². The zero-order valence-electron chi connectivity index (χ0n) is 11.6. The Bertz CT molecular complexity index is 513. The molecule has 0 bridgehead atoms. The summed E-state index contributed by atoms with van der Waals surface area (Å²) in [6, 6.07) is 3.05. The molecule has 0 spiro atoms. The normalized spacial score (nSPS) is 13.9. The van der Waals surface area contributed by atoms with Crippen LogP contribution in [0.25, 0.3) is 0 Å². The molecule has 0 radical (unpaired) electrons. The van der Waals surface area contributed by atoms with Crippen LogP contribution in [0.5, 0.6) is 0 Å². The first-order chi connectivity index (χ1) is 8.15. The summed E-state index contributed by atoms with van der Waals surface area (Å²) in [5.74, 6) is 0.240. The number of hydrogen-bond donors (Lipinski definition) is 2. The van der Waals surface area contributed by atoms with Crippen LogP contribution in [0.15, 0.2) is 17.0 Å². The lowest BCUT2D eigenvalue weighted by Crippen LogP contribution is -2.36. The van der Waals surface area contributed by atoms with E-state index in [1.54, 1.807) is 6.07 Å². The van der Waals surface area contributed by atoms with Crippen LogP contribution >= 0.6 is 0 Å². The molecule has 0 fully saturated rings. The Morgan fingerprint density at radius 2 is 1.72 bits per heavy atom. The SMILES string of the molecule is Cc1cc(S(=O)(=O)NC(C)C(C)C)cc(N)c1C. The van der Waals surface area contributed by atoms with Gasteiger partial charge in [-0.1, -0.05) is 13.8 Å². The summed E-state index contributed by atoms with van der Waals surface area (Å²) in [4.78, 5) is 0.232. The number of nitrogens with two attached hydrogens (primary N) is 1. The minimum absolute atomic E-state index is 0.113. The fourth-order valence-corrected chi connectivity index (χ4v) is 2.97. The zero-order valence-corrected chi connectivity index (χ0v) is 12.4. The molecule has 5 heteroatoms. The number of nitrogen functional groups attached to an aromatic ring is 1. The van der Waals surface area contributed by atoms with E-state index in [-0.39, 0.29) is 16.9 Å². The molecule has 4 nitrogen and oxygen atoms in total. The number of nitrogens with one attached hydrogen (secondary N) is 1. The quantitative estimate of drug-likeness (QED) is 0.824. The van der Waals surface area contributed by atoms with Crippen molar-refractivity contribution >= 4 is 15.7 Å². The van der Waals surface area contributed by atoms with Crippen LogP contribution in [0.4, 0.5) is 5.69 Å². The van der Waals surface area contributed by atoms with E-state index in [0.717, 1.165) is 11.1 Å². The Morgan fingerprint density at radius 3 is 2.17 bits per heavy atom. The van der Waals surface area contributed by atoms with Crippen molar-refractivity contribution < 1.29 is 8.42 Å². The number of rotatable bonds is 4. The predicted molar refractivity (Wildman–Crippen MR) is 74.9 cm³/mol. The van der Waals surface area contributed by atoms with Crippen molar-refractivity contribution in [3.8, 4) is 0 Å². The van der Waals surface area contributed by atoms with Crippen molar-refractivity contribution in [3.05, 3.63) is 23.3 Å². The highest BCUT2D eigenvalue weighted by molar-refractivity contribution is 7.89. The van der Waals surface area contributed by atoms with Crippen molar-refractivity contribution in [2.45, 2.75) is 45.6 Å². The monoisotopic (exact) mass is 270 g/mol. The van der Waals surface area contributed by atoms with Gasteiger partial charge in [0.15, 0.2) is 0 Å². The van der Waals surface area contributed by atoms with E-state index in [1.165, 1.54) is 6.07 Å². The minimum atomic E-state index is -3.50. The van der Waals surface area contributed by atoms with E-state index in [9.17, 15) is 8.42 Å². The molecular formula is C13H22N2O2S. The number of sulfonamides is 1. The summed E-state index contributed by atoms with van der Waals surface area (Å²) in [7, 11) is -3.50. The number of aryl methyl sites for hydroxylation is 1. The van der Waals surface area contributed by atoms with Crippen LogP contribution in [0, 0.1) is 19.8 Å². The molecule has 3 N–H and O–H groups in total. The van der Waals surface area contributed by atoms with Crippen molar-refractivity contribution in [1.82, 2.24) is 4.72 Å². The van der Waals surface area contributed by atoms with Crippen molar-refractivity contribution in [3.63, 3.8) is 0 Å². The third-order valence-corrected chi connectivity index (χ3v) is 4.87. The molecule has 0 aliphatic rings. The van der Waals surface area contributed by atoms with Gasteiger partial charge in [0.2, 0.25) is 10.0 Å². The van der Waals surface area contributed by atoms with Crippen LogP contribution in [0.1, 0.15) is 31.9 Å². The molecule has 0 amide bonds. The van der Waals surface area contributed by atoms with Crippen LogP contribution in [-0.4, -0.2) is 14.5 Å². The van der Waals surface area contributed by atoms with Crippen molar-refractivity contribution in [1.29, 1.82) is 0 Å². The molecule has 0 aromatic heterocycles. The van der Waals surface area contributed by atoms with Gasteiger partial charge < -0.3 is 5.73 Å². The summed E-state index contributed by atoms with van der Waals surface area (Å²) in [6.07, 6.45) is 0. The largest absolute Gasteiger partial charge is 0.398 e. The Kier molecular flexibility index (Phi) is 4.40. The third-order valence-electron chi connectivity index (χ3n) is 3.33. The van der Waals surface area contributed by atoms with Gasteiger partial charge in [-0.2, -0.15) is 0 Å². The molecule has 0 saturated carbocycles. The predicted octanol–water partition coefficient (Wildman–Crippen LogP) is 2.21. The maximum Gasteiger partial charge on any atom is 0.240 e. The summed E-state index contributed by atoms with van der Waals surface area (Å²) in [5.41, 5.74) is 8.13. The van der Waals surface area contributed by atoms with Gasteiger partial charge in [-0.25, -0.2) is 13.1 Å². The fraction of sp³-hybridized carbons (Fsp3) is 0.538. The Balaban J connectivity index is 3.14. The van der Waals surface area contributed by atoms with Crippen LogP contribution in [0.2, 0.25) is 0 Å². The van der Waals surface area contributed by atoms with Gasteiger partial charge in [-0.3, -0.25) is 0 Å². The van der Waals surface area contributed by atoms with E-state index < -0.39 is 10.0 Å². The molecule has 0 aliphatic heterocycles. The summed E-state index contributed by atoms with van der Waals surface area (Å²) < 4.78 is 27.1. The second-order valence-corrected chi connectivity index (χ2v) is 6.82. The molecule has 18 heavy (non-hydrogen) atoms. The van der Waals surface area contributed by atoms with E-state index in [0.29, 0.717) is 5.69 Å². The molecule has 0 aliphatic carbocycles. The lowest BCUT2D eigenvalue weighted by molar-refractivity contribution is 0.476. The number of hydrogen-bond acceptors (Lipinski definition) is 3. The zero-order chi connectivity index (χ0) is 14.1. The molecule has 1 atom stereocenters. The van der Waals surface area contributed by atoms with Crippen molar-refractivity contribution in [2.24, 2.45) is 5.92 Å². The van der Waals surface area contributed by atoms with Gasteiger partial charge in [0.05, 0.1) is 4.90 Å². The highest BCUT2D eigenvalue weighted by atomic mass is 32.2. The summed E-state index contributed by atoms with van der Waals surface area (Å²) in [5, 5.41) is 0. The van der Waals surface area contributed by atoms with Gasteiger partial charge >= 0.3 is 0 Å². The lowest BCUT2D eigenvalue weighted by atomic mass is 10.1. The molecule has 102 valence electrons. The smallest absolute Gasteiger partial charge is 0.240 e. The van der Waals surface area contributed by atoms with Gasteiger partial charge in [-0.05, 0) is 49.9 Å². The van der Waals surface area contributed by atoms with Gasteiger partial charge in [0.25, 0.3) is 0 Å². The average Bonchev–Trinajstić information content (AvgIpc) is 2.24. The molecule has 1 rings (SSSR count). The maximum atomic E-state index is 12.2. The highest BCUT2D eigenvalue weighted by Gasteiger charge is 2.20. The van der Waals surface area contributed by atoms with E-state index in [1.807, 2.05) is 34.6 Å². The summed E-state index contributed by atoms with van der Waals surface area (Å²) >= 11 is 0. The Labute approximate surface area is 110 Å². The molecule has 0 heterocycles. The first kappa shape index (κ1) is 15.0. The second kappa shape index (κ2) is 5.28. The van der Waals surface area contributed by atoms with Crippen LogP contribution in [-0.2, 0) is 10.0 Å². The average molecular weight is 270 g/mol. The van der Waals surface area contributed by atoms with Crippen LogP contribution < -0.4 is 10.5 Å².